The number of benzene rings is 2. The number of rotatable bonds is 4. The molecule has 0 saturated heterocycles. The lowest BCUT2D eigenvalue weighted by molar-refractivity contribution is 0.542. The van der Waals surface area contributed by atoms with E-state index < -0.39 is 17.7 Å². The van der Waals surface area contributed by atoms with Crippen molar-refractivity contribution in [1.29, 1.82) is 0 Å². The molecular weight excluding hydrogens is 324 g/mol. The zero-order valence-electron chi connectivity index (χ0n) is 11.2. The second kappa shape index (κ2) is 6.46. The van der Waals surface area contributed by atoms with Gasteiger partial charge in [0, 0.05) is 10.0 Å². The monoisotopic (exact) mass is 339 g/mol. The van der Waals surface area contributed by atoms with Gasteiger partial charge >= 0.3 is 0 Å². The van der Waals surface area contributed by atoms with E-state index in [4.69, 9.17) is 5.73 Å². The van der Waals surface area contributed by atoms with Crippen molar-refractivity contribution in [3.8, 4) is 0 Å². The van der Waals surface area contributed by atoms with Crippen molar-refractivity contribution in [2.75, 3.05) is 0 Å². The summed E-state index contributed by atoms with van der Waals surface area (Å²) in [5.41, 5.74) is 7.78. The predicted octanol–water partition coefficient (Wildman–Crippen LogP) is 4.73. The molecule has 2 rings (SSSR count). The Labute approximate surface area is 125 Å². The summed E-state index contributed by atoms with van der Waals surface area (Å²) >= 11 is 3.06. The highest BCUT2D eigenvalue weighted by Crippen LogP contribution is 2.28. The molecular formula is C16H16BrF2N. The summed E-state index contributed by atoms with van der Waals surface area (Å²) in [7, 11) is 0. The molecule has 4 heteroatoms. The molecule has 0 aliphatic heterocycles. The smallest absolute Gasteiger partial charge is 0.132 e. The molecule has 0 bridgehead atoms. The minimum absolute atomic E-state index is 0.0955. The first-order chi connectivity index (χ1) is 9.52. The highest BCUT2D eigenvalue weighted by Gasteiger charge is 2.19. The summed E-state index contributed by atoms with van der Waals surface area (Å²) < 4.78 is 28.3. The van der Waals surface area contributed by atoms with Crippen LogP contribution in [0.2, 0.25) is 0 Å². The average Bonchev–Trinajstić information content (AvgIpc) is 2.38. The number of hydrogen-bond donors (Lipinski definition) is 1. The van der Waals surface area contributed by atoms with E-state index in [1.807, 2.05) is 18.2 Å². The lowest BCUT2D eigenvalue weighted by Crippen LogP contribution is -2.16. The third-order valence-electron chi connectivity index (χ3n) is 3.20. The zero-order chi connectivity index (χ0) is 14.7. The Bertz CT molecular complexity index is 590. The lowest BCUT2D eigenvalue weighted by Gasteiger charge is -2.16. The van der Waals surface area contributed by atoms with Gasteiger partial charge in [0.15, 0.2) is 0 Å². The van der Waals surface area contributed by atoms with Crippen LogP contribution in [0.25, 0.3) is 0 Å². The molecule has 0 aromatic heterocycles. The molecule has 0 fully saturated rings. The molecule has 2 aromatic rings. The van der Waals surface area contributed by atoms with E-state index in [-0.39, 0.29) is 5.56 Å². The molecule has 0 amide bonds. The van der Waals surface area contributed by atoms with Crippen LogP contribution in [0, 0.1) is 11.6 Å². The molecule has 0 heterocycles. The normalized spacial score (nSPS) is 12.4. The summed E-state index contributed by atoms with van der Waals surface area (Å²) in [5, 5.41) is 0. The molecule has 0 aliphatic rings. The van der Waals surface area contributed by atoms with Crippen LogP contribution in [0.4, 0.5) is 8.78 Å². The van der Waals surface area contributed by atoms with E-state index in [9.17, 15) is 8.78 Å². The van der Waals surface area contributed by atoms with Crippen molar-refractivity contribution < 1.29 is 8.78 Å². The lowest BCUT2D eigenvalue weighted by atomic mass is 9.96. The number of halogens is 3. The standard InChI is InChI=1S/C16H16BrF2N/c1-2-4-10-5-3-6-11(7-10)16(20)15-13(18)8-12(17)9-14(15)19/h3,5-9,16H,2,4,20H2,1H3. The van der Waals surface area contributed by atoms with Gasteiger partial charge in [-0.1, -0.05) is 53.5 Å². The Hall–Kier alpha value is -1.26. The van der Waals surface area contributed by atoms with Gasteiger partial charge in [-0.15, -0.1) is 0 Å². The van der Waals surface area contributed by atoms with Crippen LogP contribution in [0.15, 0.2) is 40.9 Å². The number of aryl methyl sites for hydroxylation is 1. The third-order valence-corrected chi connectivity index (χ3v) is 3.66. The molecule has 0 radical (unpaired) electrons. The summed E-state index contributed by atoms with van der Waals surface area (Å²) in [6.07, 6.45) is 1.94. The van der Waals surface area contributed by atoms with E-state index in [1.54, 1.807) is 6.07 Å². The maximum Gasteiger partial charge on any atom is 0.132 e. The van der Waals surface area contributed by atoms with Crippen molar-refractivity contribution in [2.45, 2.75) is 25.8 Å². The second-order valence-electron chi connectivity index (χ2n) is 4.76. The Morgan fingerprint density at radius 2 is 1.80 bits per heavy atom. The van der Waals surface area contributed by atoms with E-state index in [2.05, 4.69) is 22.9 Å². The molecule has 1 atom stereocenters. The SMILES string of the molecule is CCCc1cccc(C(N)c2c(F)cc(Br)cc2F)c1. The van der Waals surface area contributed by atoms with Crippen LogP contribution in [0.5, 0.6) is 0 Å². The number of nitrogens with two attached hydrogens (primary N) is 1. The highest BCUT2D eigenvalue weighted by atomic mass is 79.9. The van der Waals surface area contributed by atoms with Gasteiger partial charge in [0.25, 0.3) is 0 Å². The first kappa shape index (κ1) is 15.1. The summed E-state index contributed by atoms with van der Waals surface area (Å²) in [5.74, 6) is -1.27. The molecule has 1 unspecified atom stereocenters. The van der Waals surface area contributed by atoms with Crippen LogP contribution in [0.1, 0.15) is 36.1 Å². The molecule has 2 N–H and O–H groups in total. The van der Waals surface area contributed by atoms with Gasteiger partial charge in [-0.2, -0.15) is 0 Å². The first-order valence-corrected chi connectivity index (χ1v) is 7.31. The Morgan fingerprint density at radius 3 is 2.40 bits per heavy atom. The van der Waals surface area contributed by atoms with Crippen molar-refractivity contribution in [3.63, 3.8) is 0 Å². The van der Waals surface area contributed by atoms with Gasteiger partial charge in [-0.3, -0.25) is 0 Å². The summed E-state index contributed by atoms with van der Waals surface area (Å²) in [6.45, 7) is 2.08. The minimum atomic E-state index is -0.806. The fourth-order valence-corrected chi connectivity index (χ4v) is 2.65. The van der Waals surface area contributed by atoms with Crippen LogP contribution in [-0.2, 0) is 6.42 Å². The molecule has 2 aromatic carbocycles. The topological polar surface area (TPSA) is 26.0 Å². The van der Waals surface area contributed by atoms with Crippen LogP contribution < -0.4 is 5.73 Å². The average molecular weight is 340 g/mol. The van der Waals surface area contributed by atoms with Crippen molar-refractivity contribution >= 4 is 15.9 Å². The molecule has 20 heavy (non-hydrogen) atoms. The Morgan fingerprint density at radius 1 is 1.15 bits per heavy atom. The largest absolute Gasteiger partial charge is 0.320 e. The van der Waals surface area contributed by atoms with Crippen molar-refractivity contribution in [1.82, 2.24) is 0 Å². The van der Waals surface area contributed by atoms with E-state index in [1.165, 1.54) is 12.1 Å². The van der Waals surface area contributed by atoms with Gasteiger partial charge in [-0.25, -0.2) is 8.78 Å². The summed E-state index contributed by atoms with van der Waals surface area (Å²) in [6, 6.07) is 9.23. The van der Waals surface area contributed by atoms with Gasteiger partial charge in [-0.05, 0) is 29.7 Å². The van der Waals surface area contributed by atoms with Gasteiger partial charge in [0.1, 0.15) is 11.6 Å². The van der Waals surface area contributed by atoms with E-state index >= 15 is 0 Å². The molecule has 1 nitrogen and oxygen atoms in total. The highest BCUT2D eigenvalue weighted by molar-refractivity contribution is 9.10. The number of hydrogen-bond acceptors (Lipinski definition) is 1. The molecule has 106 valence electrons. The van der Waals surface area contributed by atoms with Crippen molar-refractivity contribution in [3.05, 3.63) is 69.2 Å². The molecule has 0 saturated carbocycles. The van der Waals surface area contributed by atoms with Gasteiger partial charge in [0.2, 0.25) is 0 Å². The van der Waals surface area contributed by atoms with Gasteiger partial charge < -0.3 is 5.73 Å². The summed E-state index contributed by atoms with van der Waals surface area (Å²) in [4.78, 5) is 0. The fraction of sp³-hybridized carbons (Fsp3) is 0.250. The minimum Gasteiger partial charge on any atom is -0.320 e. The maximum atomic E-state index is 13.9. The predicted molar refractivity (Wildman–Crippen MR) is 80.5 cm³/mol. The van der Waals surface area contributed by atoms with E-state index in [0.717, 1.165) is 24.0 Å². The Balaban J connectivity index is 2.41. The third kappa shape index (κ3) is 3.25. The van der Waals surface area contributed by atoms with Gasteiger partial charge in [0.05, 0.1) is 6.04 Å². The quantitative estimate of drug-likeness (QED) is 0.856. The van der Waals surface area contributed by atoms with Crippen molar-refractivity contribution in [2.24, 2.45) is 5.73 Å². The van der Waals surface area contributed by atoms with Crippen LogP contribution >= 0.6 is 15.9 Å². The zero-order valence-corrected chi connectivity index (χ0v) is 12.8. The second-order valence-corrected chi connectivity index (χ2v) is 5.67. The fourth-order valence-electron chi connectivity index (χ4n) is 2.25. The maximum absolute atomic E-state index is 13.9. The first-order valence-electron chi connectivity index (χ1n) is 6.51. The van der Waals surface area contributed by atoms with E-state index in [0.29, 0.717) is 4.47 Å². The molecule has 0 spiro atoms. The van der Waals surface area contributed by atoms with Crippen LogP contribution in [-0.4, -0.2) is 0 Å². The Kier molecular flexibility index (Phi) is 4.89. The molecule has 0 aliphatic carbocycles. The van der Waals surface area contributed by atoms with Crippen LogP contribution in [0.3, 0.4) is 0 Å².